The van der Waals surface area contributed by atoms with Crippen molar-refractivity contribution < 1.29 is 23.5 Å². The van der Waals surface area contributed by atoms with E-state index in [1.54, 1.807) is 36.4 Å². The van der Waals surface area contributed by atoms with Crippen molar-refractivity contribution in [3.05, 3.63) is 70.0 Å². The van der Waals surface area contributed by atoms with Crippen molar-refractivity contribution in [2.45, 2.75) is 6.92 Å². The number of carbonyl (C=O) groups is 2. The van der Waals surface area contributed by atoms with Gasteiger partial charge in [-0.3, -0.25) is 4.79 Å². The zero-order valence-corrected chi connectivity index (χ0v) is 15.1. The van der Waals surface area contributed by atoms with E-state index in [1.807, 2.05) is 0 Å². The number of hydrogen-bond donors (Lipinski definition) is 0. The number of carbonyl (C=O) groups excluding carboxylic acids is 2. The van der Waals surface area contributed by atoms with Gasteiger partial charge < -0.3 is 9.47 Å². The Bertz CT molecular complexity index is 802. The lowest BCUT2D eigenvalue weighted by molar-refractivity contribution is -0.138. The van der Waals surface area contributed by atoms with Crippen LogP contribution in [-0.4, -0.2) is 25.0 Å². The molecule has 2 aromatic rings. The molecule has 0 aliphatic rings. The van der Waals surface area contributed by atoms with Crippen molar-refractivity contribution in [2.24, 2.45) is 0 Å². The van der Waals surface area contributed by atoms with Gasteiger partial charge >= 0.3 is 5.97 Å². The van der Waals surface area contributed by atoms with Crippen LogP contribution in [0.25, 0.3) is 6.08 Å². The van der Waals surface area contributed by atoms with Crippen LogP contribution in [0, 0.1) is 5.82 Å². The van der Waals surface area contributed by atoms with Crippen molar-refractivity contribution >= 4 is 33.8 Å². The van der Waals surface area contributed by atoms with E-state index in [9.17, 15) is 14.0 Å². The average molecular weight is 407 g/mol. The highest BCUT2D eigenvalue weighted by Crippen LogP contribution is 2.18. The number of hydrogen-bond acceptors (Lipinski definition) is 4. The third-order valence-corrected chi connectivity index (χ3v) is 3.70. The second-order valence-electron chi connectivity index (χ2n) is 5.07. The van der Waals surface area contributed by atoms with E-state index in [-0.39, 0.29) is 24.6 Å². The number of para-hydroxylation sites is 1. The van der Waals surface area contributed by atoms with E-state index >= 15 is 0 Å². The van der Waals surface area contributed by atoms with Crippen molar-refractivity contribution in [1.29, 1.82) is 0 Å². The van der Waals surface area contributed by atoms with E-state index < -0.39 is 11.8 Å². The monoisotopic (exact) mass is 406 g/mol. The molecule has 130 valence electrons. The molecule has 0 amide bonds. The quantitative estimate of drug-likeness (QED) is 0.295. The minimum Gasteiger partial charge on any atom is -0.489 e. The fourth-order valence-corrected chi connectivity index (χ4v) is 2.40. The van der Waals surface area contributed by atoms with E-state index in [2.05, 4.69) is 15.9 Å². The van der Waals surface area contributed by atoms with Crippen molar-refractivity contribution in [3.8, 4) is 5.75 Å². The van der Waals surface area contributed by atoms with Gasteiger partial charge in [0.2, 0.25) is 0 Å². The lowest BCUT2D eigenvalue weighted by atomic mass is 10.1. The van der Waals surface area contributed by atoms with Gasteiger partial charge in [0.05, 0.1) is 5.56 Å². The van der Waals surface area contributed by atoms with Gasteiger partial charge in [-0.2, -0.15) is 0 Å². The van der Waals surface area contributed by atoms with Crippen LogP contribution >= 0.6 is 15.9 Å². The predicted molar refractivity (Wildman–Crippen MR) is 96.0 cm³/mol. The molecule has 0 spiro atoms. The van der Waals surface area contributed by atoms with Gasteiger partial charge in [-0.05, 0) is 43.3 Å². The van der Waals surface area contributed by atoms with E-state index in [1.165, 1.54) is 19.1 Å². The van der Waals surface area contributed by atoms with Gasteiger partial charge in [0.15, 0.2) is 5.78 Å². The van der Waals surface area contributed by atoms with Crippen LogP contribution in [0.5, 0.6) is 5.75 Å². The summed E-state index contributed by atoms with van der Waals surface area (Å²) in [4.78, 5) is 23.1. The lowest BCUT2D eigenvalue weighted by Gasteiger charge is -2.09. The first-order chi connectivity index (χ1) is 12.0. The van der Waals surface area contributed by atoms with Crippen LogP contribution in [0.15, 0.2) is 53.0 Å². The molecule has 0 saturated carbocycles. The Hall–Kier alpha value is -2.47. The number of rotatable bonds is 7. The first-order valence-corrected chi connectivity index (χ1v) is 8.29. The summed E-state index contributed by atoms with van der Waals surface area (Å²) in [5, 5.41) is 0. The number of Topliss-reactive ketones (excluding diaryl/α,β-unsaturated/α-hetero) is 1. The first kappa shape index (κ1) is 18.9. The minimum absolute atomic E-state index is 0.0103. The SMILES string of the molecule is CC(=O)c1ccccc1OCCOC(=O)/C=C/c1cc(Br)ccc1F. The molecule has 0 aliphatic heterocycles. The summed E-state index contributed by atoms with van der Waals surface area (Å²) in [6, 6.07) is 11.3. The molecule has 4 nitrogen and oxygen atoms in total. The second-order valence-corrected chi connectivity index (χ2v) is 5.98. The highest BCUT2D eigenvalue weighted by molar-refractivity contribution is 9.10. The Kier molecular flexibility index (Phi) is 6.89. The van der Waals surface area contributed by atoms with Gasteiger partial charge in [-0.25, -0.2) is 9.18 Å². The number of ketones is 1. The Labute approximate surface area is 153 Å². The van der Waals surface area contributed by atoms with Crippen molar-refractivity contribution in [2.75, 3.05) is 13.2 Å². The smallest absolute Gasteiger partial charge is 0.330 e. The van der Waals surface area contributed by atoms with Crippen LogP contribution in [-0.2, 0) is 9.53 Å². The molecule has 6 heteroatoms. The molecule has 0 fully saturated rings. The maximum atomic E-state index is 13.5. The van der Waals surface area contributed by atoms with Gasteiger partial charge in [-0.15, -0.1) is 0 Å². The van der Waals surface area contributed by atoms with Crippen molar-refractivity contribution in [1.82, 2.24) is 0 Å². The Morgan fingerprint density at radius 2 is 1.92 bits per heavy atom. The molecule has 0 bridgehead atoms. The van der Waals surface area contributed by atoms with E-state index in [4.69, 9.17) is 9.47 Å². The zero-order chi connectivity index (χ0) is 18.2. The molecular weight excluding hydrogens is 391 g/mol. The molecule has 2 aromatic carbocycles. The second kappa shape index (κ2) is 9.13. The number of halogens is 2. The van der Waals surface area contributed by atoms with Crippen LogP contribution < -0.4 is 4.74 Å². The summed E-state index contributed by atoms with van der Waals surface area (Å²) < 4.78 is 24.7. The largest absolute Gasteiger partial charge is 0.489 e. The molecule has 0 unspecified atom stereocenters. The van der Waals surface area contributed by atoms with Crippen molar-refractivity contribution in [3.63, 3.8) is 0 Å². The normalized spacial score (nSPS) is 10.7. The number of esters is 1. The molecule has 2 rings (SSSR count). The molecule has 0 N–H and O–H groups in total. The summed E-state index contributed by atoms with van der Waals surface area (Å²) in [5.41, 5.74) is 0.747. The summed E-state index contributed by atoms with van der Waals surface area (Å²) in [5.74, 6) is -0.705. The summed E-state index contributed by atoms with van der Waals surface area (Å²) in [6.45, 7) is 1.57. The van der Waals surface area contributed by atoms with Gasteiger partial charge in [-0.1, -0.05) is 28.1 Å². The van der Waals surface area contributed by atoms with E-state index in [0.717, 1.165) is 6.08 Å². The Morgan fingerprint density at radius 1 is 1.16 bits per heavy atom. The van der Waals surface area contributed by atoms with Crippen LogP contribution in [0.4, 0.5) is 4.39 Å². The van der Waals surface area contributed by atoms with Crippen LogP contribution in [0.3, 0.4) is 0 Å². The van der Waals surface area contributed by atoms with Gasteiger partial charge in [0.1, 0.15) is 24.8 Å². The Balaban J connectivity index is 1.82. The highest BCUT2D eigenvalue weighted by atomic mass is 79.9. The third kappa shape index (κ3) is 5.83. The molecule has 0 aromatic heterocycles. The molecule has 0 heterocycles. The van der Waals surface area contributed by atoms with Gasteiger partial charge in [0, 0.05) is 16.1 Å². The number of benzene rings is 2. The summed E-state index contributed by atoms with van der Waals surface area (Å²) in [7, 11) is 0. The summed E-state index contributed by atoms with van der Waals surface area (Å²) >= 11 is 3.24. The van der Waals surface area contributed by atoms with Crippen LogP contribution in [0.1, 0.15) is 22.8 Å². The average Bonchev–Trinajstić information content (AvgIpc) is 2.59. The molecule has 0 radical (unpaired) electrons. The van der Waals surface area contributed by atoms with Gasteiger partial charge in [0.25, 0.3) is 0 Å². The predicted octanol–water partition coefficient (Wildman–Crippen LogP) is 4.43. The van der Waals surface area contributed by atoms with E-state index in [0.29, 0.717) is 15.8 Å². The third-order valence-electron chi connectivity index (χ3n) is 3.21. The summed E-state index contributed by atoms with van der Waals surface area (Å²) in [6.07, 6.45) is 2.49. The maximum Gasteiger partial charge on any atom is 0.330 e. The zero-order valence-electron chi connectivity index (χ0n) is 13.5. The molecule has 25 heavy (non-hydrogen) atoms. The Morgan fingerprint density at radius 3 is 2.68 bits per heavy atom. The number of ether oxygens (including phenoxy) is 2. The topological polar surface area (TPSA) is 52.6 Å². The fourth-order valence-electron chi connectivity index (χ4n) is 2.03. The lowest BCUT2D eigenvalue weighted by Crippen LogP contribution is -2.11. The van der Waals surface area contributed by atoms with Crippen LogP contribution in [0.2, 0.25) is 0 Å². The molecule has 0 aliphatic carbocycles. The standard InChI is InChI=1S/C19H16BrFO4/c1-13(22)16-4-2-3-5-18(16)24-10-11-25-19(23)9-6-14-12-15(20)7-8-17(14)21/h2-9,12H,10-11H2,1H3/b9-6+. The molecule has 0 atom stereocenters. The molecule has 0 saturated heterocycles. The molecular formula is C19H16BrFO4. The fraction of sp³-hybridized carbons (Fsp3) is 0.158. The first-order valence-electron chi connectivity index (χ1n) is 7.50. The minimum atomic E-state index is -0.608. The highest BCUT2D eigenvalue weighted by Gasteiger charge is 2.07. The maximum absolute atomic E-state index is 13.5.